The number of amides is 3. The van der Waals surface area contributed by atoms with Crippen LogP contribution in [0.15, 0.2) is 5.16 Å². The summed E-state index contributed by atoms with van der Waals surface area (Å²) in [4.78, 5) is 26.4. The number of nitrogens with two attached hydrogens (primary N) is 1. The van der Waals surface area contributed by atoms with Gasteiger partial charge >= 0.3 is 6.03 Å². The van der Waals surface area contributed by atoms with Crippen molar-refractivity contribution in [1.82, 2.24) is 20.5 Å². The molecule has 1 aromatic heterocycles. The molecule has 0 radical (unpaired) electrons. The molecular formula is C9H15N5O2S. The zero-order valence-electron chi connectivity index (χ0n) is 9.85. The Morgan fingerprint density at radius 3 is 2.53 bits per heavy atom. The summed E-state index contributed by atoms with van der Waals surface area (Å²) in [6.07, 6.45) is 0. The van der Waals surface area contributed by atoms with Gasteiger partial charge in [-0.25, -0.2) is 9.78 Å². The maximum Gasteiger partial charge on any atom is 0.318 e. The number of nitrogens with zero attached hydrogens (tertiary/aromatic N) is 2. The number of urea groups is 1. The van der Waals surface area contributed by atoms with E-state index in [-0.39, 0.29) is 5.92 Å². The summed E-state index contributed by atoms with van der Waals surface area (Å²) in [6, 6.07) is -0.854. The second kappa shape index (κ2) is 5.67. The third kappa shape index (κ3) is 4.06. The Morgan fingerprint density at radius 2 is 2.12 bits per heavy atom. The van der Waals surface area contributed by atoms with Crippen LogP contribution < -0.4 is 11.1 Å². The molecule has 7 nitrogen and oxygen atoms in total. The molecule has 94 valence electrons. The van der Waals surface area contributed by atoms with Crippen LogP contribution in [-0.4, -0.2) is 32.4 Å². The molecule has 0 aliphatic carbocycles. The smallest absolute Gasteiger partial charge is 0.318 e. The van der Waals surface area contributed by atoms with Gasteiger partial charge in [0.15, 0.2) is 0 Å². The topological polar surface area (TPSA) is 114 Å². The third-order valence-corrected chi connectivity index (χ3v) is 3.33. The number of hydrogen-bond acceptors (Lipinski definition) is 5. The average Bonchev–Trinajstić information content (AvgIpc) is 2.58. The van der Waals surface area contributed by atoms with Crippen LogP contribution in [0.5, 0.6) is 0 Å². The van der Waals surface area contributed by atoms with Crippen LogP contribution in [0.1, 0.15) is 19.7 Å². The predicted molar refractivity (Wildman–Crippen MR) is 63.3 cm³/mol. The highest BCUT2D eigenvalue weighted by atomic mass is 32.2. The zero-order valence-corrected chi connectivity index (χ0v) is 10.7. The number of imide groups is 1. The van der Waals surface area contributed by atoms with Crippen LogP contribution in [0.2, 0.25) is 0 Å². The quantitative estimate of drug-likeness (QED) is 0.676. The highest BCUT2D eigenvalue weighted by Crippen LogP contribution is 2.25. The lowest BCUT2D eigenvalue weighted by molar-refractivity contribution is -0.120. The van der Waals surface area contributed by atoms with Crippen molar-refractivity contribution in [2.45, 2.75) is 31.2 Å². The minimum absolute atomic E-state index is 0.0261. The van der Waals surface area contributed by atoms with E-state index in [2.05, 4.69) is 20.5 Å². The largest absolute Gasteiger partial charge is 0.351 e. The van der Waals surface area contributed by atoms with Crippen LogP contribution in [0.25, 0.3) is 0 Å². The highest BCUT2D eigenvalue weighted by molar-refractivity contribution is 8.00. The number of nitrogens with one attached hydrogen (secondary N) is 2. The molecule has 1 heterocycles. The van der Waals surface area contributed by atoms with E-state index in [1.165, 1.54) is 11.8 Å². The first-order valence-electron chi connectivity index (χ1n) is 5.06. The van der Waals surface area contributed by atoms with Crippen molar-refractivity contribution in [2.75, 3.05) is 0 Å². The second-order valence-electron chi connectivity index (χ2n) is 3.84. The summed E-state index contributed by atoms with van der Waals surface area (Å²) in [5, 5.41) is 8.69. The van der Waals surface area contributed by atoms with Gasteiger partial charge < -0.3 is 5.73 Å². The maximum atomic E-state index is 11.7. The second-order valence-corrected chi connectivity index (χ2v) is 4.95. The standard InChI is InChI=1S/C9H15N5O2S/c1-4(2)6(7(15)12-8(10)16)17-9-11-5(3)13-14-9/h4,6H,1-3H3,(H,11,13,14)(H3,10,12,15,16). The fourth-order valence-corrected chi connectivity index (χ4v) is 2.13. The summed E-state index contributed by atoms with van der Waals surface area (Å²) in [5.41, 5.74) is 4.91. The molecule has 3 amide bonds. The lowest BCUT2D eigenvalue weighted by Gasteiger charge is -2.16. The van der Waals surface area contributed by atoms with Crippen LogP contribution in [0.3, 0.4) is 0 Å². The number of hydrogen-bond donors (Lipinski definition) is 3. The first kappa shape index (κ1) is 13.5. The molecule has 1 atom stereocenters. The van der Waals surface area contributed by atoms with Crippen LogP contribution in [-0.2, 0) is 4.79 Å². The molecule has 1 aromatic rings. The molecule has 0 aliphatic heterocycles. The van der Waals surface area contributed by atoms with E-state index in [0.29, 0.717) is 11.0 Å². The van der Waals surface area contributed by atoms with Gasteiger partial charge in [0.25, 0.3) is 0 Å². The van der Waals surface area contributed by atoms with E-state index in [4.69, 9.17) is 5.73 Å². The van der Waals surface area contributed by atoms with Crippen LogP contribution in [0.4, 0.5) is 4.79 Å². The van der Waals surface area contributed by atoms with Gasteiger partial charge in [-0.1, -0.05) is 25.6 Å². The van der Waals surface area contributed by atoms with Crippen LogP contribution >= 0.6 is 11.8 Å². The molecule has 0 bridgehead atoms. The lowest BCUT2D eigenvalue weighted by atomic mass is 10.1. The minimum Gasteiger partial charge on any atom is -0.351 e. The number of aromatic amines is 1. The molecule has 17 heavy (non-hydrogen) atoms. The molecule has 1 rings (SSSR count). The van der Waals surface area contributed by atoms with Gasteiger partial charge in [0.05, 0.1) is 5.25 Å². The van der Waals surface area contributed by atoms with E-state index in [1.54, 1.807) is 6.92 Å². The van der Waals surface area contributed by atoms with Gasteiger partial charge in [-0.2, -0.15) is 0 Å². The SMILES string of the molecule is Cc1nc(SC(C(=O)NC(N)=O)C(C)C)n[nH]1. The van der Waals surface area contributed by atoms with E-state index in [1.807, 2.05) is 13.8 Å². The summed E-state index contributed by atoms with van der Waals surface area (Å²) >= 11 is 1.19. The number of primary amides is 1. The Hall–Kier alpha value is -1.57. The molecule has 0 saturated heterocycles. The molecule has 0 aromatic carbocycles. The normalized spacial score (nSPS) is 12.5. The molecular weight excluding hydrogens is 242 g/mol. The Balaban J connectivity index is 2.73. The number of rotatable bonds is 4. The molecule has 0 fully saturated rings. The first-order valence-corrected chi connectivity index (χ1v) is 5.94. The van der Waals surface area contributed by atoms with Crippen molar-refractivity contribution in [3.8, 4) is 0 Å². The summed E-state index contributed by atoms with van der Waals surface area (Å²) in [7, 11) is 0. The predicted octanol–water partition coefficient (Wildman–Crippen LogP) is 0.425. The van der Waals surface area contributed by atoms with Crippen molar-refractivity contribution >= 4 is 23.7 Å². The molecule has 0 spiro atoms. The van der Waals surface area contributed by atoms with Gasteiger partial charge in [-0.3, -0.25) is 15.2 Å². The molecule has 0 saturated carbocycles. The Bertz CT molecular complexity index is 417. The van der Waals surface area contributed by atoms with Crippen molar-refractivity contribution in [3.05, 3.63) is 5.82 Å². The van der Waals surface area contributed by atoms with Gasteiger partial charge in [0.1, 0.15) is 5.82 Å². The number of thioether (sulfide) groups is 1. The molecule has 8 heteroatoms. The van der Waals surface area contributed by atoms with Crippen molar-refractivity contribution in [1.29, 1.82) is 0 Å². The number of aryl methyl sites for hydroxylation is 1. The fourth-order valence-electron chi connectivity index (χ4n) is 1.17. The Morgan fingerprint density at radius 1 is 1.47 bits per heavy atom. The molecule has 4 N–H and O–H groups in total. The molecule has 1 unspecified atom stereocenters. The Kier molecular flexibility index (Phi) is 4.50. The number of aromatic nitrogens is 3. The molecule has 0 aliphatic rings. The minimum atomic E-state index is -0.854. The summed E-state index contributed by atoms with van der Waals surface area (Å²) < 4.78 is 0. The summed E-state index contributed by atoms with van der Waals surface area (Å²) in [6.45, 7) is 5.51. The van der Waals surface area contributed by atoms with Gasteiger partial charge in [-0.15, -0.1) is 5.10 Å². The average molecular weight is 257 g/mol. The zero-order chi connectivity index (χ0) is 13.0. The highest BCUT2D eigenvalue weighted by Gasteiger charge is 2.26. The van der Waals surface area contributed by atoms with E-state index >= 15 is 0 Å². The van der Waals surface area contributed by atoms with Crippen LogP contribution in [0, 0.1) is 12.8 Å². The van der Waals surface area contributed by atoms with E-state index in [0.717, 1.165) is 0 Å². The number of carbonyl (C=O) groups is 2. The van der Waals surface area contributed by atoms with Gasteiger partial charge in [0.2, 0.25) is 11.1 Å². The lowest BCUT2D eigenvalue weighted by Crippen LogP contribution is -2.42. The van der Waals surface area contributed by atoms with Crippen molar-refractivity contribution < 1.29 is 9.59 Å². The van der Waals surface area contributed by atoms with Crippen molar-refractivity contribution in [2.24, 2.45) is 11.7 Å². The number of H-pyrrole nitrogens is 1. The first-order chi connectivity index (χ1) is 7.90. The van der Waals surface area contributed by atoms with E-state index < -0.39 is 17.2 Å². The van der Waals surface area contributed by atoms with Gasteiger partial charge in [0, 0.05) is 0 Å². The monoisotopic (exact) mass is 257 g/mol. The van der Waals surface area contributed by atoms with Gasteiger partial charge in [-0.05, 0) is 12.8 Å². The number of carbonyl (C=O) groups excluding carboxylic acids is 2. The van der Waals surface area contributed by atoms with E-state index in [9.17, 15) is 9.59 Å². The fraction of sp³-hybridized carbons (Fsp3) is 0.556. The van der Waals surface area contributed by atoms with Crippen molar-refractivity contribution in [3.63, 3.8) is 0 Å². The Labute approximate surface area is 103 Å². The summed E-state index contributed by atoms with van der Waals surface area (Å²) in [5.74, 6) is 0.267. The maximum absolute atomic E-state index is 11.7. The third-order valence-electron chi connectivity index (χ3n) is 1.92.